The summed E-state index contributed by atoms with van der Waals surface area (Å²) < 4.78 is 25.1. The molecule has 190 valence electrons. The fourth-order valence-corrected chi connectivity index (χ4v) is 7.28. The van der Waals surface area contributed by atoms with Crippen molar-refractivity contribution in [2.24, 2.45) is 23.2 Å². The van der Waals surface area contributed by atoms with Crippen LogP contribution in [0, 0.1) is 23.2 Å². The fraction of sp³-hybridized carbons (Fsp3) is 0.962. The van der Waals surface area contributed by atoms with Crippen molar-refractivity contribution in [3.8, 4) is 0 Å². The maximum Gasteiger partial charge on any atom is 0.457 e. The molecule has 0 aromatic heterocycles. The van der Waals surface area contributed by atoms with E-state index in [1.165, 1.54) is 6.42 Å². The van der Waals surface area contributed by atoms with Gasteiger partial charge < -0.3 is 18.5 Å². The molecule has 0 spiro atoms. The van der Waals surface area contributed by atoms with E-state index in [9.17, 15) is 4.79 Å². The van der Waals surface area contributed by atoms with Crippen molar-refractivity contribution in [1.29, 1.82) is 0 Å². The topological polar surface area (TPSA) is 54.0 Å². The second-order valence-electron chi connectivity index (χ2n) is 13.6. The van der Waals surface area contributed by atoms with E-state index in [4.69, 9.17) is 18.5 Å². The van der Waals surface area contributed by atoms with Gasteiger partial charge in [0.1, 0.15) is 0 Å². The Bertz CT molecular complexity index is 703. The molecule has 0 aromatic rings. The third-order valence-corrected chi connectivity index (χ3v) is 13.7. The molecular formula is C26H49BO5Si. The number of esters is 1. The van der Waals surface area contributed by atoms with Crippen LogP contribution in [0.5, 0.6) is 0 Å². The van der Waals surface area contributed by atoms with E-state index in [-0.39, 0.29) is 35.9 Å². The van der Waals surface area contributed by atoms with Crippen molar-refractivity contribution in [2.75, 3.05) is 6.61 Å². The second kappa shape index (κ2) is 9.59. The van der Waals surface area contributed by atoms with Gasteiger partial charge in [0.15, 0.2) is 8.32 Å². The minimum atomic E-state index is -1.99. The molecule has 4 aliphatic rings. The monoisotopic (exact) mass is 480 g/mol. The van der Waals surface area contributed by atoms with Gasteiger partial charge in [-0.1, -0.05) is 54.9 Å². The first-order chi connectivity index (χ1) is 15.1. The molecule has 0 radical (unpaired) electrons. The first-order valence-corrected chi connectivity index (χ1v) is 16.1. The van der Waals surface area contributed by atoms with Crippen LogP contribution in [0.4, 0.5) is 0 Å². The molecule has 2 bridgehead atoms. The third-order valence-electron chi connectivity index (χ3n) is 9.21. The molecule has 33 heavy (non-hydrogen) atoms. The molecule has 0 amide bonds. The summed E-state index contributed by atoms with van der Waals surface area (Å²) in [5.41, 5.74) is 0.211. The van der Waals surface area contributed by atoms with Crippen LogP contribution in [-0.2, 0) is 23.3 Å². The molecule has 1 unspecified atom stereocenters. The molecule has 0 N–H and O–H groups in total. The summed E-state index contributed by atoms with van der Waals surface area (Å²) in [5, 5.41) is 0.0999. The zero-order valence-corrected chi connectivity index (χ0v) is 24.0. The largest absolute Gasteiger partial charge is 0.465 e. The number of carbonyl (C=O) groups is 1. The zero-order valence-electron chi connectivity index (χ0n) is 23.0. The van der Waals surface area contributed by atoms with Gasteiger partial charge >= 0.3 is 13.1 Å². The molecule has 3 saturated carbocycles. The van der Waals surface area contributed by atoms with Gasteiger partial charge in [0.05, 0.1) is 30.8 Å². The maximum atomic E-state index is 12.5. The Morgan fingerprint density at radius 3 is 2.42 bits per heavy atom. The van der Waals surface area contributed by atoms with E-state index in [2.05, 4.69) is 68.5 Å². The number of carbonyl (C=O) groups excluding carboxylic acids is 1. The van der Waals surface area contributed by atoms with Crippen LogP contribution in [0.3, 0.4) is 0 Å². The van der Waals surface area contributed by atoms with Gasteiger partial charge in [0.25, 0.3) is 0 Å². The molecule has 3 aliphatic carbocycles. The molecular weight excluding hydrogens is 431 g/mol. The summed E-state index contributed by atoms with van der Waals surface area (Å²) in [6.07, 6.45) is 5.42. The summed E-state index contributed by atoms with van der Waals surface area (Å²) in [6, 6.07) is 0. The Hall–Kier alpha value is -0.368. The van der Waals surface area contributed by atoms with Crippen LogP contribution in [0.2, 0.25) is 24.5 Å². The Balaban J connectivity index is 1.55. The van der Waals surface area contributed by atoms with Crippen molar-refractivity contribution in [3.63, 3.8) is 0 Å². The van der Waals surface area contributed by atoms with Crippen LogP contribution in [0.15, 0.2) is 0 Å². The van der Waals surface area contributed by atoms with Crippen molar-refractivity contribution in [2.45, 2.75) is 130 Å². The van der Waals surface area contributed by atoms with Gasteiger partial charge in [-0.15, -0.1) is 0 Å². The number of hydrogen-bond acceptors (Lipinski definition) is 5. The Morgan fingerprint density at radius 2 is 1.85 bits per heavy atom. The van der Waals surface area contributed by atoms with E-state index >= 15 is 0 Å². The van der Waals surface area contributed by atoms with Gasteiger partial charge in [-0.05, 0) is 73.8 Å². The average Bonchev–Trinajstić information content (AvgIpc) is 3.00. The summed E-state index contributed by atoms with van der Waals surface area (Å²) in [6.45, 7) is 22.9. The highest BCUT2D eigenvalue weighted by Gasteiger charge is 2.67. The highest BCUT2D eigenvalue weighted by molar-refractivity contribution is 6.74. The first-order valence-electron chi connectivity index (χ1n) is 13.2. The Morgan fingerprint density at radius 1 is 1.18 bits per heavy atom. The van der Waals surface area contributed by atoms with E-state index < -0.39 is 8.32 Å². The van der Waals surface area contributed by atoms with Gasteiger partial charge in [0, 0.05) is 0 Å². The minimum absolute atomic E-state index is 0.0999. The van der Waals surface area contributed by atoms with Crippen molar-refractivity contribution >= 4 is 21.4 Å². The lowest BCUT2D eigenvalue weighted by molar-refractivity contribution is -0.199. The SMILES string of the molecule is CC(C)COC(=O)CC(CCCB1O[C@@H]2C[C@@H]3C[C@@H](C3(C)C)[C@]2(C)O1)O[Si](C)(C)C(C)(C)C. The van der Waals surface area contributed by atoms with E-state index in [0.29, 0.717) is 30.3 Å². The van der Waals surface area contributed by atoms with Gasteiger partial charge in [-0.25, -0.2) is 0 Å². The predicted molar refractivity (Wildman–Crippen MR) is 137 cm³/mol. The third kappa shape index (κ3) is 5.73. The quantitative estimate of drug-likeness (QED) is 0.265. The van der Waals surface area contributed by atoms with Crippen LogP contribution in [0.1, 0.15) is 87.5 Å². The molecule has 1 heterocycles. The Labute approximate surface area is 204 Å². The molecule has 5 nitrogen and oxygen atoms in total. The summed E-state index contributed by atoms with van der Waals surface area (Å²) in [7, 11) is -2.13. The first kappa shape index (κ1) is 27.2. The van der Waals surface area contributed by atoms with Gasteiger partial charge in [-0.2, -0.15) is 0 Å². The number of rotatable bonds is 10. The van der Waals surface area contributed by atoms with Gasteiger partial charge in [-0.3, -0.25) is 4.79 Å². The number of hydrogen-bond donors (Lipinski definition) is 0. The highest BCUT2D eigenvalue weighted by Crippen LogP contribution is 2.65. The lowest BCUT2D eigenvalue weighted by atomic mass is 9.43. The second-order valence-corrected chi connectivity index (χ2v) is 18.4. The Kier molecular flexibility index (Phi) is 7.91. The maximum absolute atomic E-state index is 12.5. The molecule has 1 saturated heterocycles. The summed E-state index contributed by atoms with van der Waals surface area (Å²) in [4.78, 5) is 12.5. The summed E-state index contributed by atoms with van der Waals surface area (Å²) in [5.74, 6) is 1.54. The van der Waals surface area contributed by atoms with Crippen molar-refractivity contribution < 1.29 is 23.3 Å². The smallest absolute Gasteiger partial charge is 0.457 e. The lowest BCUT2D eigenvalue weighted by Crippen LogP contribution is -2.65. The van der Waals surface area contributed by atoms with E-state index in [0.717, 1.165) is 31.5 Å². The molecule has 4 fully saturated rings. The highest BCUT2D eigenvalue weighted by atomic mass is 28.4. The number of ether oxygens (including phenoxy) is 1. The van der Waals surface area contributed by atoms with Crippen LogP contribution >= 0.6 is 0 Å². The molecule has 0 aromatic carbocycles. The van der Waals surface area contributed by atoms with Crippen LogP contribution < -0.4 is 0 Å². The molecule has 1 aliphatic heterocycles. The van der Waals surface area contributed by atoms with Crippen LogP contribution in [0.25, 0.3) is 0 Å². The zero-order chi connectivity index (χ0) is 24.8. The molecule has 5 atom stereocenters. The average molecular weight is 481 g/mol. The van der Waals surface area contributed by atoms with Gasteiger partial charge in [0.2, 0.25) is 0 Å². The van der Waals surface area contributed by atoms with E-state index in [1.54, 1.807) is 0 Å². The van der Waals surface area contributed by atoms with Crippen molar-refractivity contribution in [1.82, 2.24) is 0 Å². The lowest BCUT2D eigenvalue weighted by Gasteiger charge is -2.64. The predicted octanol–water partition coefficient (Wildman–Crippen LogP) is 6.47. The molecule has 4 rings (SSSR count). The standard InChI is InChI=1S/C26H49BO5Si/c1-18(2)17-29-23(28)16-20(31-33(9,10)24(3,4)5)12-11-13-27-30-22-15-19-14-21(25(19,6)7)26(22,8)32-27/h18-22H,11-17H2,1-10H3/t19-,20?,21-,22+,26-/m0/s1. The van der Waals surface area contributed by atoms with E-state index in [1.807, 2.05) is 0 Å². The van der Waals surface area contributed by atoms with Crippen LogP contribution in [-0.4, -0.2) is 45.8 Å². The molecule has 7 heteroatoms. The fourth-order valence-electron chi connectivity index (χ4n) is 5.89. The normalized spacial score (nSPS) is 31.8. The minimum Gasteiger partial charge on any atom is -0.465 e. The summed E-state index contributed by atoms with van der Waals surface area (Å²) >= 11 is 0. The van der Waals surface area contributed by atoms with Crippen molar-refractivity contribution in [3.05, 3.63) is 0 Å².